The van der Waals surface area contributed by atoms with Gasteiger partial charge in [-0.15, -0.1) is 9.42 Å². The van der Waals surface area contributed by atoms with Crippen LogP contribution in [0.25, 0.3) is 0 Å². The van der Waals surface area contributed by atoms with Gasteiger partial charge >= 0.3 is 14.2 Å². The number of carbonyl (C=O) groups excluding carboxylic acids is 1. The lowest BCUT2D eigenvalue weighted by atomic mass is 10.2. The van der Waals surface area contributed by atoms with Crippen LogP contribution >= 0.6 is 8.25 Å². The molecule has 0 aromatic carbocycles. The molecule has 0 aliphatic heterocycles. The Kier molecular flexibility index (Phi) is 15.7. The van der Waals surface area contributed by atoms with Crippen LogP contribution in [0.15, 0.2) is 48.8 Å². The van der Waals surface area contributed by atoms with Crippen LogP contribution in [-0.4, -0.2) is 17.5 Å². The monoisotopic (exact) mass is 341 g/mol. The van der Waals surface area contributed by atoms with Crippen molar-refractivity contribution in [2.24, 2.45) is 0 Å². The van der Waals surface area contributed by atoms with Crippen LogP contribution in [0, 0.1) is 0 Å². The highest BCUT2D eigenvalue weighted by Gasteiger charge is 2.08. The maximum atomic E-state index is 11.3. The minimum atomic E-state index is -2.61. The first-order chi connectivity index (χ1) is 11.2. The molecular weight excluding hydrogens is 315 g/mol. The van der Waals surface area contributed by atoms with E-state index in [-0.39, 0.29) is 12.6 Å². The summed E-state index contributed by atoms with van der Waals surface area (Å²) < 4.78 is 19.4. The number of rotatable bonds is 13. The van der Waals surface area contributed by atoms with Gasteiger partial charge in [-0.25, -0.2) is 0 Å². The fourth-order valence-electron chi connectivity index (χ4n) is 1.56. The third-order valence-corrected chi connectivity index (χ3v) is 3.06. The van der Waals surface area contributed by atoms with Gasteiger partial charge in [0.1, 0.15) is 6.61 Å². The Bertz CT molecular complexity index is 438. The first-order valence-corrected chi connectivity index (χ1v) is 8.84. The van der Waals surface area contributed by atoms with E-state index in [1.54, 1.807) is 0 Å². The molecule has 0 fully saturated rings. The highest BCUT2D eigenvalue weighted by atomic mass is 31.1. The maximum absolute atomic E-state index is 11.3. The van der Waals surface area contributed by atoms with E-state index in [0.29, 0.717) is 6.42 Å². The molecule has 0 spiro atoms. The number of carbonyl (C=O) groups is 1. The summed E-state index contributed by atoms with van der Waals surface area (Å²) in [6, 6.07) is 0. The molecule has 0 saturated heterocycles. The second-order valence-corrected chi connectivity index (χ2v) is 5.36. The van der Waals surface area contributed by atoms with Crippen LogP contribution in [0.1, 0.15) is 45.4 Å². The number of allylic oxidation sites excluding steroid dienone is 6. The van der Waals surface area contributed by atoms with E-state index in [1.807, 2.05) is 13.0 Å². The molecule has 1 N–H and O–H groups in total. The summed E-state index contributed by atoms with van der Waals surface area (Å²) in [5, 5.41) is 0. The molecule has 0 aromatic rings. The molecule has 1 unspecified atom stereocenters. The first-order valence-electron chi connectivity index (χ1n) is 7.71. The summed E-state index contributed by atoms with van der Waals surface area (Å²) in [5.74, 6) is -0.314. The van der Waals surface area contributed by atoms with Crippen molar-refractivity contribution in [1.82, 2.24) is 0 Å². The van der Waals surface area contributed by atoms with Crippen LogP contribution in [0.4, 0.5) is 0 Å². The molecule has 0 aliphatic rings. The molecule has 128 valence electrons. The van der Waals surface area contributed by atoms with Gasteiger partial charge in [0.05, 0.1) is 6.26 Å². The molecule has 0 aromatic heterocycles. The second kappa shape index (κ2) is 16.8. The molecule has 0 rings (SSSR count). The van der Waals surface area contributed by atoms with Crippen molar-refractivity contribution in [3.8, 4) is 0 Å². The van der Waals surface area contributed by atoms with Crippen LogP contribution in [-0.2, 0) is 18.6 Å². The van der Waals surface area contributed by atoms with Crippen molar-refractivity contribution in [2.75, 3.05) is 6.61 Å². The van der Waals surface area contributed by atoms with Crippen molar-refractivity contribution in [1.29, 1.82) is 0 Å². The third-order valence-electron chi connectivity index (χ3n) is 2.69. The largest absolute Gasteiger partial charge is 0.695 e. The molecule has 0 amide bonds. The van der Waals surface area contributed by atoms with E-state index in [9.17, 15) is 9.36 Å². The normalized spacial score (nSPS) is 12.9. The average molecular weight is 341 g/mol. The first kappa shape index (κ1) is 21.4. The van der Waals surface area contributed by atoms with Gasteiger partial charge in [0.25, 0.3) is 0 Å². The summed E-state index contributed by atoms with van der Waals surface area (Å²) in [7, 11) is -2.61. The smallest absolute Gasteiger partial charge is 0.435 e. The van der Waals surface area contributed by atoms with Gasteiger partial charge in [-0.2, -0.15) is 0 Å². The maximum Gasteiger partial charge on any atom is 0.695 e. The molecule has 0 aliphatic carbocycles. The number of hydrogen-bond donors (Lipinski definition) is 1. The Balaban J connectivity index is 3.47. The Morgan fingerprint density at radius 1 is 1.04 bits per heavy atom. The number of esters is 1. The topological polar surface area (TPSA) is 72.8 Å². The van der Waals surface area contributed by atoms with E-state index in [1.165, 1.54) is 12.3 Å². The quantitative estimate of drug-likeness (QED) is 0.172. The van der Waals surface area contributed by atoms with Gasteiger partial charge in [0.15, 0.2) is 0 Å². The fourth-order valence-corrected chi connectivity index (χ4v) is 1.77. The molecule has 0 saturated carbocycles. The Hall–Kier alpha value is -1.55. The van der Waals surface area contributed by atoms with Crippen LogP contribution in [0.2, 0.25) is 0 Å². The zero-order valence-electron chi connectivity index (χ0n) is 13.6. The summed E-state index contributed by atoms with van der Waals surface area (Å²) in [4.78, 5) is 19.7. The lowest BCUT2D eigenvalue weighted by Gasteiger charge is -1.98. The molecule has 5 nitrogen and oxygen atoms in total. The standard InChI is InChI=1S/C17H25O5P/c1-2-3-4-5-6-7-8-9-10-11-12-14-17(18)21-15-13-16-22-23(19)20/h2-3,5-6,8-9,13,15H,4,7,10-12,14,16H2,1H3/p+1. The van der Waals surface area contributed by atoms with E-state index in [4.69, 9.17) is 9.63 Å². The van der Waals surface area contributed by atoms with E-state index in [0.717, 1.165) is 32.1 Å². The molecule has 1 atom stereocenters. The highest BCUT2D eigenvalue weighted by Crippen LogP contribution is 2.13. The lowest BCUT2D eigenvalue weighted by Crippen LogP contribution is -1.99. The van der Waals surface area contributed by atoms with Gasteiger partial charge in [-0.05, 0) is 45.1 Å². The number of hydrogen-bond acceptors (Lipinski definition) is 4. The number of unbranched alkanes of at least 4 members (excludes halogenated alkanes) is 2. The van der Waals surface area contributed by atoms with E-state index >= 15 is 0 Å². The molecule has 0 radical (unpaired) electrons. The zero-order valence-corrected chi connectivity index (χ0v) is 14.5. The second-order valence-electron chi connectivity index (χ2n) is 4.62. The number of ether oxygens (including phenoxy) is 1. The van der Waals surface area contributed by atoms with Gasteiger partial charge in [0, 0.05) is 11.0 Å². The average Bonchev–Trinajstić information content (AvgIpc) is 2.52. The summed E-state index contributed by atoms with van der Waals surface area (Å²) >= 11 is 0. The zero-order chi connectivity index (χ0) is 17.2. The summed E-state index contributed by atoms with van der Waals surface area (Å²) in [6.45, 7) is 1.95. The highest BCUT2D eigenvalue weighted by molar-refractivity contribution is 7.32. The molecule has 23 heavy (non-hydrogen) atoms. The van der Waals surface area contributed by atoms with Gasteiger partial charge in [-0.1, -0.05) is 36.5 Å². The van der Waals surface area contributed by atoms with Crippen molar-refractivity contribution < 1.29 is 23.5 Å². The molecule has 6 heteroatoms. The lowest BCUT2D eigenvalue weighted by molar-refractivity contribution is -0.138. The van der Waals surface area contributed by atoms with Gasteiger partial charge < -0.3 is 4.74 Å². The fraction of sp³-hybridized carbons (Fsp3) is 0.471. The van der Waals surface area contributed by atoms with Crippen LogP contribution in [0.3, 0.4) is 0 Å². The Morgan fingerprint density at radius 3 is 2.43 bits per heavy atom. The van der Waals surface area contributed by atoms with Crippen molar-refractivity contribution in [3.63, 3.8) is 0 Å². The van der Waals surface area contributed by atoms with Crippen molar-refractivity contribution in [2.45, 2.75) is 45.4 Å². The van der Waals surface area contributed by atoms with E-state index < -0.39 is 8.25 Å². The Labute approximate surface area is 139 Å². The van der Waals surface area contributed by atoms with Crippen molar-refractivity contribution >= 4 is 14.2 Å². The summed E-state index contributed by atoms with van der Waals surface area (Å²) in [6.07, 6.45) is 20.1. The van der Waals surface area contributed by atoms with Gasteiger partial charge in [-0.3, -0.25) is 4.79 Å². The van der Waals surface area contributed by atoms with Gasteiger partial charge in [0.2, 0.25) is 0 Å². The minimum absolute atomic E-state index is 0.0625. The Morgan fingerprint density at radius 2 is 1.74 bits per heavy atom. The van der Waals surface area contributed by atoms with Crippen LogP contribution < -0.4 is 0 Å². The predicted molar refractivity (Wildman–Crippen MR) is 91.8 cm³/mol. The van der Waals surface area contributed by atoms with E-state index in [2.05, 4.69) is 34.9 Å². The van der Waals surface area contributed by atoms with Crippen LogP contribution in [0.5, 0.6) is 0 Å². The molecule has 0 bridgehead atoms. The third kappa shape index (κ3) is 18.4. The minimum Gasteiger partial charge on any atom is -0.435 e. The molecule has 0 heterocycles. The SMILES string of the molecule is CC=CCC=CCC=CCCCCC(=O)OC=CCO[P+](=O)O. The molecular formula is C17H26O5P+. The predicted octanol–water partition coefficient (Wildman–Crippen LogP) is 4.74. The summed E-state index contributed by atoms with van der Waals surface area (Å²) in [5.41, 5.74) is 0. The van der Waals surface area contributed by atoms with Crippen molar-refractivity contribution in [3.05, 3.63) is 48.8 Å².